The summed E-state index contributed by atoms with van der Waals surface area (Å²) in [4.78, 5) is 28.6. The Kier molecular flexibility index (Phi) is 6.05. The lowest BCUT2D eigenvalue weighted by Gasteiger charge is -2.34. The molecule has 0 saturated carbocycles. The Bertz CT molecular complexity index is 1110. The third-order valence-corrected chi connectivity index (χ3v) is 5.76. The van der Waals surface area contributed by atoms with E-state index in [-0.39, 0.29) is 37.9 Å². The van der Waals surface area contributed by atoms with Crippen LogP contribution in [0.25, 0.3) is 0 Å². The molecule has 2 N–H and O–H groups in total. The lowest BCUT2D eigenvalue weighted by molar-refractivity contribution is -0.138. The molecule has 2 atom stereocenters. The smallest absolute Gasteiger partial charge is 0.351 e. The highest BCUT2D eigenvalue weighted by Gasteiger charge is 2.47. The summed E-state index contributed by atoms with van der Waals surface area (Å²) >= 11 is 0. The van der Waals surface area contributed by atoms with Crippen LogP contribution in [0.15, 0.2) is 42.5 Å². The number of hydrogen-bond donors (Lipinski definition) is 2. The number of hydrogen-bond acceptors (Lipinski definition) is 5. The van der Waals surface area contributed by atoms with Gasteiger partial charge >= 0.3 is 6.18 Å². The lowest BCUT2D eigenvalue weighted by atomic mass is 10.1. The van der Waals surface area contributed by atoms with Crippen LogP contribution in [0.2, 0.25) is 0 Å². The Morgan fingerprint density at radius 2 is 1.91 bits per heavy atom. The van der Waals surface area contributed by atoms with Gasteiger partial charge in [0, 0.05) is 25.3 Å². The summed E-state index contributed by atoms with van der Waals surface area (Å²) in [6, 6.07) is 8.84. The van der Waals surface area contributed by atoms with E-state index in [1.54, 1.807) is 17.0 Å². The van der Waals surface area contributed by atoms with Gasteiger partial charge in [0.15, 0.2) is 0 Å². The normalized spacial score (nSPS) is 20.9. The second-order valence-corrected chi connectivity index (χ2v) is 7.80. The van der Waals surface area contributed by atoms with Crippen molar-refractivity contribution in [3.63, 3.8) is 0 Å². The molecule has 0 bridgehead atoms. The Balaban J connectivity index is 1.52. The van der Waals surface area contributed by atoms with Crippen molar-refractivity contribution in [3.8, 4) is 6.07 Å². The van der Waals surface area contributed by atoms with Crippen LogP contribution in [-0.2, 0) is 22.3 Å². The summed E-state index contributed by atoms with van der Waals surface area (Å²) in [7, 11) is 0. The number of carbonyl (C=O) groups excluding carboxylic acids is 2. The topological polar surface area (TPSA) is 88.5 Å². The maximum atomic E-state index is 13.4. The molecule has 4 rings (SSSR count). The number of nitriles is 1. The van der Waals surface area contributed by atoms with Gasteiger partial charge in [-0.2, -0.15) is 18.4 Å². The van der Waals surface area contributed by atoms with Crippen molar-refractivity contribution in [2.24, 2.45) is 0 Å². The van der Waals surface area contributed by atoms with E-state index in [1.807, 2.05) is 0 Å². The van der Waals surface area contributed by atoms with Crippen LogP contribution in [-0.4, -0.2) is 48.6 Å². The highest BCUT2D eigenvalue weighted by molar-refractivity contribution is 6.00. The molecule has 2 saturated heterocycles. The molecule has 2 unspecified atom stereocenters. The number of nitrogens with zero attached hydrogens (tertiary/aromatic N) is 3. The zero-order chi connectivity index (χ0) is 23.8. The van der Waals surface area contributed by atoms with Crippen LogP contribution in [0.4, 0.5) is 23.2 Å². The first kappa shape index (κ1) is 22.7. The summed E-state index contributed by atoms with van der Waals surface area (Å²) in [5.74, 6) is -1.19. The predicted molar refractivity (Wildman–Crippen MR) is 109 cm³/mol. The van der Waals surface area contributed by atoms with E-state index < -0.39 is 41.1 Å². The van der Waals surface area contributed by atoms with Gasteiger partial charge in [0.25, 0.3) is 0 Å². The minimum absolute atomic E-state index is 0.00574. The van der Waals surface area contributed by atoms with Gasteiger partial charge in [-0.15, -0.1) is 0 Å². The van der Waals surface area contributed by atoms with Crippen molar-refractivity contribution in [2.75, 3.05) is 24.7 Å². The molecule has 2 amide bonds. The molecule has 7 nitrogen and oxygen atoms in total. The first-order valence-electron chi connectivity index (χ1n) is 10.1. The molecule has 0 aliphatic carbocycles. The molecule has 2 aliphatic heterocycles. The number of rotatable bonds is 4. The summed E-state index contributed by atoms with van der Waals surface area (Å²) in [5.41, 5.74) is -0.949. The second kappa shape index (κ2) is 8.80. The lowest BCUT2D eigenvalue weighted by Crippen LogP contribution is -2.61. The van der Waals surface area contributed by atoms with Crippen molar-refractivity contribution in [1.82, 2.24) is 15.5 Å². The molecule has 0 aromatic heterocycles. The van der Waals surface area contributed by atoms with E-state index in [2.05, 4.69) is 10.6 Å². The fraction of sp³-hybridized carbons (Fsp3) is 0.318. The van der Waals surface area contributed by atoms with Gasteiger partial charge in [-0.25, -0.2) is 4.39 Å². The van der Waals surface area contributed by atoms with Gasteiger partial charge in [-0.05, 0) is 35.9 Å². The molecule has 2 aromatic carbocycles. The number of amides is 2. The van der Waals surface area contributed by atoms with Gasteiger partial charge in [-0.1, -0.05) is 12.1 Å². The van der Waals surface area contributed by atoms with Crippen molar-refractivity contribution < 1.29 is 27.2 Å². The third kappa shape index (κ3) is 4.53. The monoisotopic (exact) mass is 461 g/mol. The van der Waals surface area contributed by atoms with E-state index >= 15 is 0 Å². The van der Waals surface area contributed by atoms with E-state index in [0.29, 0.717) is 5.56 Å². The standard InChI is InChI=1S/C22H19F4N5O2/c23-15-4-1-13(2-5-15)9-29-20(32)18-10-28-11-19-21(33)30(12-31(18)19)16-6-3-14(8-27)17(7-16)22(24,25)26/h1-7,18-19,28H,9-12H2,(H,29,32). The van der Waals surface area contributed by atoms with Crippen LogP contribution in [0, 0.1) is 17.1 Å². The first-order chi connectivity index (χ1) is 15.7. The summed E-state index contributed by atoms with van der Waals surface area (Å²) < 4.78 is 53.1. The predicted octanol–water partition coefficient (Wildman–Crippen LogP) is 1.98. The van der Waals surface area contributed by atoms with Crippen molar-refractivity contribution in [1.29, 1.82) is 5.26 Å². The van der Waals surface area contributed by atoms with E-state index in [4.69, 9.17) is 5.26 Å². The highest BCUT2D eigenvalue weighted by Crippen LogP contribution is 2.36. The minimum Gasteiger partial charge on any atom is -0.351 e. The third-order valence-electron chi connectivity index (χ3n) is 5.76. The number of fused-ring (bicyclic) bond motifs is 1. The van der Waals surface area contributed by atoms with Gasteiger partial charge in [0.2, 0.25) is 11.8 Å². The zero-order valence-electron chi connectivity index (χ0n) is 17.2. The molecule has 0 radical (unpaired) electrons. The Morgan fingerprint density at radius 3 is 2.58 bits per heavy atom. The van der Waals surface area contributed by atoms with Gasteiger partial charge in [0.1, 0.15) is 17.9 Å². The van der Waals surface area contributed by atoms with Gasteiger partial charge in [0.05, 0.1) is 23.9 Å². The van der Waals surface area contributed by atoms with Crippen molar-refractivity contribution in [3.05, 3.63) is 65.0 Å². The fourth-order valence-electron chi connectivity index (χ4n) is 4.04. The summed E-state index contributed by atoms with van der Waals surface area (Å²) in [6.07, 6.45) is -4.75. The SMILES string of the molecule is N#Cc1ccc(N2CN3C(C(=O)NCc4ccc(F)cc4)CNCC3C2=O)cc1C(F)(F)F. The zero-order valence-corrected chi connectivity index (χ0v) is 17.2. The average molecular weight is 461 g/mol. The number of nitrogens with one attached hydrogen (secondary N) is 2. The van der Waals surface area contributed by atoms with Crippen LogP contribution in [0.1, 0.15) is 16.7 Å². The number of benzene rings is 2. The Hall–Kier alpha value is -3.49. The Labute approximate surface area is 186 Å². The van der Waals surface area contributed by atoms with Crippen molar-refractivity contribution >= 4 is 17.5 Å². The van der Waals surface area contributed by atoms with Crippen LogP contribution in [0.3, 0.4) is 0 Å². The molecule has 0 spiro atoms. The van der Waals surface area contributed by atoms with Crippen LogP contribution in [0.5, 0.6) is 0 Å². The van der Waals surface area contributed by atoms with Crippen molar-refractivity contribution in [2.45, 2.75) is 24.8 Å². The molecule has 2 aliphatic rings. The molecule has 11 heteroatoms. The molecule has 172 valence electrons. The quantitative estimate of drug-likeness (QED) is 0.680. The highest BCUT2D eigenvalue weighted by atomic mass is 19.4. The molecular weight excluding hydrogens is 442 g/mol. The van der Waals surface area contributed by atoms with Crippen LogP contribution >= 0.6 is 0 Å². The fourth-order valence-corrected chi connectivity index (χ4v) is 4.04. The first-order valence-corrected chi connectivity index (χ1v) is 10.1. The molecule has 2 fully saturated rings. The van der Waals surface area contributed by atoms with Crippen LogP contribution < -0.4 is 15.5 Å². The van der Waals surface area contributed by atoms with E-state index in [9.17, 15) is 27.2 Å². The van der Waals surface area contributed by atoms with Gasteiger partial charge in [-0.3, -0.25) is 19.4 Å². The minimum atomic E-state index is -4.75. The summed E-state index contributed by atoms with van der Waals surface area (Å²) in [5, 5.41) is 14.8. The second-order valence-electron chi connectivity index (χ2n) is 7.80. The largest absolute Gasteiger partial charge is 0.417 e. The van der Waals surface area contributed by atoms with E-state index in [1.165, 1.54) is 29.2 Å². The van der Waals surface area contributed by atoms with E-state index in [0.717, 1.165) is 12.1 Å². The maximum absolute atomic E-state index is 13.4. The number of carbonyl (C=O) groups is 2. The molecule has 33 heavy (non-hydrogen) atoms. The number of alkyl halides is 3. The number of halogens is 4. The van der Waals surface area contributed by atoms with Gasteiger partial charge < -0.3 is 10.6 Å². The molecule has 2 aromatic rings. The summed E-state index contributed by atoms with van der Waals surface area (Å²) in [6.45, 7) is 0.604. The number of anilines is 1. The molecule has 2 heterocycles. The number of piperazine rings is 1. The maximum Gasteiger partial charge on any atom is 0.417 e. The molecular formula is C22H19F4N5O2. The Morgan fingerprint density at radius 1 is 1.18 bits per heavy atom. The average Bonchev–Trinajstić information content (AvgIpc) is 3.14.